The van der Waals surface area contributed by atoms with Gasteiger partial charge in [-0.3, -0.25) is 4.79 Å². The van der Waals surface area contributed by atoms with Crippen molar-refractivity contribution in [1.29, 1.82) is 0 Å². The molecule has 0 aromatic carbocycles. The van der Waals surface area contributed by atoms with Crippen LogP contribution < -0.4 is 5.73 Å². The molecule has 0 aliphatic heterocycles. The quantitative estimate of drug-likeness (QED) is 0.0546. The third-order valence-corrected chi connectivity index (χ3v) is 9.22. The molecule has 264 valence electrons. The molecule has 0 aromatic rings. The standard InChI is InChI=1S/C40H81NO3/c1-2-3-4-5-6-7-8-9-14-17-20-23-26-29-32-35-40(42)44-39-38-43-37-34-31-28-25-22-19-16-13-11-10-12-15-18-21-24-27-30-33-36-41/h2-39,41H2,1H3. The maximum Gasteiger partial charge on any atom is 0.305 e. The van der Waals surface area contributed by atoms with Gasteiger partial charge in [0.05, 0.1) is 6.61 Å². The molecule has 0 bridgehead atoms. The summed E-state index contributed by atoms with van der Waals surface area (Å²) in [4.78, 5) is 11.9. The lowest BCUT2D eigenvalue weighted by Crippen LogP contribution is -2.10. The summed E-state index contributed by atoms with van der Waals surface area (Å²) in [6.45, 7) is 4.89. The minimum absolute atomic E-state index is 0.0522. The number of carbonyl (C=O) groups excluding carboxylic acids is 1. The molecule has 0 heterocycles. The average Bonchev–Trinajstić information content (AvgIpc) is 3.03. The number of unbranched alkanes of at least 4 members (excludes halogenated alkanes) is 31. The van der Waals surface area contributed by atoms with Gasteiger partial charge in [-0.1, -0.05) is 200 Å². The number of hydrogen-bond donors (Lipinski definition) is 1. The molecule has 0 saturated heterocycles. The number of ether oxygens (including phenoxy) is 2. The molecule has 0 atom stereocenters. The van der Waals surface area contributed by atoms with Crippen LogP contribution in [0, 0.1) is 0 Å². The van der Waals surface area contributed by atoms with Gasteiger partial charge in [0, 0.05) is 13.0 Å². The van der Waals surface area contributed by atoms with Gasteiger partial charge in [0.2, 0.25) is 0 Å². The Labute approximate surface area is 277 Å². The van der Waals surface area contributed by atoms with E-state index in [2.05, 4.69) is 6.92 Å². The third-order valence-electron chi connectivity index (χ3n) is 9.22. The molecule has 0 fully saturated rings. The van der Waals surface area contributed by atoms with Crippen LogP contribution in [0.25, 0.3) is 0 Å². The van der Waals surface area contributed by atoms with Gasteiger partial charge in [-0.15, -0.1) is 0 Å². The fraction of sp³-hybridized carbons (Fsp3) is 0.975. The van der Waals surface area contributed by atoms with Crippen molar-refractivity contribution < 1.29 is 14.3 Å². The van der Waals surface area contributed by atoms with E-state index in [1.807, 2.05) is 0 Å². The van der Waals surface area contributed by atoms with Crippen molar-refractivity contribution in [2.75, 3.05) is 26.4 Å². The van der Waals surface area contributed by atoms with Crippen LogP contribution in [0.5, 0.6) is 0 Å². The number of nitrogens with two attached hydrogens (primary N) is 1. The van der Waals surface area contributed by atoms with Crippen LogP contribution in [-0.4, -0.2) is 32.3 Å². The minimum atomic E-state index is -0.0522. The maximum absolute atomic E-state index is 11.9. The summed E-state index contributed by atoms with van der Waals surface area (Å²) in [6.07, 6.45) is 45.4. The van der Waals surface area contributed by atoms with Crippen molar-refractivity contribution in [3.05, 3.63) is 0 Å². The van der Waals surface area contributed by atoms with Crippen LogP contribution in [0.4, 0.5) is 0 Å². The fourth-order valence-corrected chi connectivity index (χ4v) is 6.21. The van der Waals surface area contributed by atoms with Crippen molar-refractivity contribution in [3.63, 3.8) is 0 Å². The minimum Gasteiger partial charge on any atom is -0.463 e. The van der Waals surface area contributed by atoms with E-state index >= 15 is 0 Å². The second-order valence-electron chi connectivity index (χ2n) is 13.7. The Kier molecular flexibility index (Phi) is 39.9. The molecule has 0 unspecified atom stereocenters. The summed E-state index contributed by atoms with van der Waals surface area (Å²) < 4.78 is 11.0. The van der Waals surface area contributed by atoms with Crippen molar-refractivity contribution in [1.82, 2.24) is 0 Å². The highest BCUT2D eigenvalue weighted by atomic mass is 16.6. The van der Waals surface area contributed by atoms with Gasteiger partial charge in [0.25, 0.3) is 0 Å². The summed E-state index contributed by atoms with van der Waals surface area (Å²) >= 11 is 0. The number of carbonyl (C=O) groups is 1. The SMILES string of the molecule is CCCCCCCCCCCCCCCCCC(=O)OCCOCCCCCCCCCCCCCCCCCCCCN. The van der Waals surface area contributed by atoms with Crippen molar-refractivity contribution in [3.8, 4) is 0 Å². The Hall–Kier alpha value is -0.610. The summed E-state index contributed by atoms with van der Waals surface area (Å²) in [5.74, 6) is -0.0522. The predicted molar refractivity (Wildman–Crippen MR) is 193 cm³/mol. The van der Waals surface area contributed by atoms with Gasteiger partial charge >= 0.3 is 5.97 Å². The molecule has 0 radical (unpaired) electrons. The predicted octanol–water partition coefficient (Wildman–Crippen LogP) is 12.8. The van der Waals surface area contributed by atoms with Gasteiger partial charge in [0.15, 0.2) is 0 Å². The summed E-state index contributed by atoms with van der Waals surface area (Å²) in [6, 6.07) is 0. The van der Waals surface area contributed by atoms with E-state index in [9.17, 15) is 4.79 Å². The highest BCUT2D eigenvalue weighted by Gasteiger charge is 2.03. The highest BCUT2D eigenvalue weighted by molar-refractivity contribution is 5.69. The number of hydrogen-bond acceptors (Lipinski definition) is 4. The lowest BCUT2D eigenvalue weighted by atomic mass is 10.0. The lowest BCUT2D eigenvalue weighted by molar-refractivity contribution is -0.145. The topological polar surface area (TPSA) is 61.5 Å². The summed E-state index contributed by atoms with van der Waals surface area (Å²) in [5.41, 5.74) is 5.54. The Morgan fingerprint density at radius 1 is 0.386 bits per heavy atom. The molecule has 4 heteroatoms. The molecule has 0 aliphatic carbocycles. The Morgan fingerprint density at radius 3 is 1.07 bits per heavy atom. The Balaban J connectivity index is 3.13. The van der Waals surface area contributed by atoms with E-state index in [0.29, 0.717) is 19.6 Å². The van der Waals surface area contributed by atoms with Gasteiger partial charge in [-0.25, -0.2) is 0 Å². The summed E-state index contributed by atoms with van der Waals surface area (Å²) in [7, 11) is 0. The van der Waals surface area contributed by atoms with Crippen LogP contribution in [0.2, 0.25) is 0 Å². The molecule has 44 heavy (non-hydrogen) atoms. The first-order chi connectivity index (χ1) is 21.8. The van der Waals surface area contributed by atoms with Crippen molar-refractivity contribution >= 4 is 5.97 Å². The second-order valence-corrected chi connectivity index (χ2v) is 13.7. The van der Waals surface area contributed by atoms with Gasteiger partial charge in [-0.05, 0) is 25.8 Å². The zero-order chi connectivity index (χ0) is 31.9. The Morgan fingerprint density at radius 2 is 0.705 bits per heavy atom. The zero-order valence-corrected chi connectivity index (χ0v) is 30.2. The van der Waals surface area contributed by atoms with Crippen LogP contribution in [0.15, 0.2) is 0 Å². The smallest absolute Gasteiger partial charge is 0.305 e. The first kappa shape index (κ1) is 43.4. The van der Waals surface area contributed by atoms with E-state index in [0.717, 1.165) is 32.4 Å². The van der Waals surface area contributed by atoms with Gasteiger partial charge in [0.1, 0.15) is 6.61 Å². The third kappa shape index (κ3) is 39.4. The molecular formula is C40H81NO3. The second kappa shape index (κ2) is 40.4. The molecular weight excluding hydrogens is 542 g/mol. The van der Waals surface area contributed by atoms with Gasteiger partial charge in [-0.2, -0.15) is 0 Å². The van der Waals surface area contributed by atoms with Crippen LogP contribution in [0.1, 0.15) is 225 Å². The molecule has 0 aromatic heterocycles. The van der Waals surface area contributed by atoms with E-state index < -0.39 is 0 Å². The highest BCUT2D eigenvalue weighted by Crippen LogP contribution is 2.15. The molecule has 0 saturated carbocycles. The van der Waals surface area contributed by atoms with Crippen LogP contribution >= 0.6 is 0 Å². The first-order valence-electron chi connectivity index (χ1n) is 20.2. The summed E-state index contributed by atoms with van der Waals surface area (Å²) in [5, 5.41) is 0. The van der Waals surface area contributed by atoms with E-state index in [1.54, 1.807) is 0 Å². The van der Waals surface area contributed by atoms with E-state index in [-0.39, 0.29) is 5.97 Å². The lowest BCUT2D eigenvalue weighted by Gasteiger charge is -2.07. The van der Waals surface area contributed by atoms with Crippen molar-refractivity contribution in [2.45, 2.75) is 225 Å². The van der Waals surface area contributed by atoms with E-state index in [1.165, 1.54) is 193 Å². The maximum atomic E-state index is 11.9. The monoisotopic (exact) mass is 624 g/mol. The molecule has 2 N–H and O–H groups in total. The molecule has 0 rings (SSSR count). The zero-order valence-electron chi connectivity index (χ0n) is 30.2. The Bertz CT molecular complexity index is 527. The largest absolute Gasteiger partial charge is 0.463 e. The van der Waals surface area contributed by atoms with Crippen molar-refractivity contribution in [2.24, 2.45) is 5.73 Å². The van der Waals surface area contributed by atoms with Crippen LogP contribution in [-0.2, 0) is 14.3 Å². The molecule has 4 nitrogen and oxygen atoms in total. The number of esters is 1. The van der Waals surface area contributed by atoms with E-state index in [4.69, 9.17) is 15.2 Å². The fourth-order valence-electron chi connectivity index (χ4n) is 6.21. The average molecular weight is 624 g/mol. The molecule has 0 aliphatic rings. The van der Waals surface area contributed by atoms with Crippen LogP contribution in [0.3, 0.4) is 0 Å². The van der Waals surface area contributed by atoms with Gasteiger partial charge < -0.3 is 15.2 Å². The molecule has 0 amide bonds. The molecule has 0 spiro atoms. The number of rotatable bonds is 39. The first-order valence-corrected chi connectivity index (χ1v) is 20.2. The normalized spacial score (nSPS) is 11.4.